The van der Waals surface area contributed by atoms with E-state index in [1.165, 1.54) is 0 Å². The molecule has 1 aliphatic heterocycles. The third kappa shape index (κ3) is 2.81. The molecule has 4 nitrogen and oxygen atoms in total. The zero-order valence-corrected chi connectivity index (χ0v) is 12.1. The summed E-state index contributed by atoms with van der Waals surface area (Å²) in [4.78, 5) is 12.5. The summed E-state index contributed by atoms with van der Waals surface area (Å²) in [5, 5.41) is 3.33. The lowest BCUT2D eigenvalue weighted by Crippen LogP contribution is -2.26. The fourth-order valence-electron chi connectivity index (χ4n) is 2.47. The van der Waals surface area contributed by atoms with Crippen LogP contribution in [0.1, 0.15) is 17.9 Å². The Kier molecular flexibility index (Phi) is 3.71. The number of fused-ring (bicyclic) bond motifs is 1. The molecule has 2 aromatic carbocycles. The molecule has 108 valence electrons. The summed E-state index contributed by atoms with van der Waals surface area (Å²) in [7, 11) is 0. The highest BCUT2D eigenvalue weighted by atomic mass is 35.5. The van der Waals surface area contributed by atoms with E-state index in [1.54, 1.807) is 18.2 Å². The summed E-state index contributed by atoms with van der Waals surface area (Å²) in [5.74, 6) is 0.424. The first-order valence-electron chi connectivity index (χ1n) is 6.73. The van der Waals surface area contributed by atoms with Gasteiger partial charge in [-0.3, -0.25) is 4.79 Å². The lowest BCUT2D eigenvalue weighted by Gasteiger charge is -2.25. The highest BCUT2D eigenvalue weighted by Crippen LogP contribution is 2.35. The molecule has 3 N–H and O–H groups in total. The number of carbonyl (C=O) groups excluding carboxylic acids is 1. The largest absolute Gasteiger partial charge is 0.493 e. The molecule has 0 bridgehead atoms. The Morgan fingerprint density at radius 3 is 2.95 bits per heavy atom. The number of amides is 1. The van der Waals surface area contributed by atoms with Gasteiger partial charge in [0.1, 0.15) is 5.75 Å². The van der Waals surface area contributed by atoms with E-state index in [4.69, 9.17) is 22.1 Å². The lowest BCUT2D eigenvalue weighted by molar-refractivity contribution is -0.118. The van der Waals surface area contributed by atoms with Gasteiger partial charge in [-0.15, -0.1) is 0 Å². The Hall–Kier alpha value is -2.20. The molecule has 2 aromatic rings. The lowest BCUT2D eigenvalue weighted by atomic mass is 9.92. The Morgan fingerprint density at radius 2 is 2.10 bits per heavy atom. The van der Waals surface area contributed by atoms with Crippen molar-refractivity contribution in [3.63, 3.8) is 0 Å². The summed E-state index contributed by atoms with van der Waals surface area (Å²) in [6.07, 6.45) is 0.642. The van der Waals surface area contributed by atoms with E-state index >= 15 is 0 Å². The van der Waals surface area contributed by atoms with Crippen LogP contribution in [0.5, 0.6) is 5.75 Å². The zero-order valence-electron chi connectivity index (χ0n) is 11.3. The van der Waals surface area contributed by atoms with Crippen molar-refractivity contribution in [1.82, 2.24) is 0 Å². The topological polar surface area (TPSA) is 64.3 Å². The first-order valence-corrected chi connectivity index (χ1v) is 7.10. The van der Waals surface area contributed by atoms with Gasteiger partial charge in [0.2, 0.25) is 5.91 Å². The number of nitrogens with two attached hydrogens (primary N) is 1. The summed E-state index contributed by atoms with van der Waals surface area (Å²) in [6, 6.07) is 12.6. The van der Waals surface area contributed by atoms with Gasteiger partial charge in [0.15, 0.2) is 0 Å². The van der Waals surface area contributed by atoms with Crippen molar-refractivity contribution >= 4 is 28.9 Å². The van der Waals surface area contributed by atoms with Crippen molar-refractivity contribution in [1.29, 1.82) is 0 Å². The number of carbonyl (C=O) groups is 1. The van der Waals surface area contributed by atoms with Gasteiger partial charge in [-0.25, -0.2) is 0 Å². The Morgan fingerprint density at radius 1 is 1.29 bits per heavy atom. The quantitative estimate of drug-likeness (QED) is 0.835. The van der Waals surface area contributed by atoms with E-state index in [1.807, 2.05) is 24.3 Å². The van der Waals surface area contributed by atoms with Gasteiger partial charge in [0, 0.05) is 11.3 Å². The van der Waals surface area contributed by atoms with Gasteiger partial charge in [-0.05, 0) is 30.7 Å². The van der Waals surface area contributed by atoms with Crippen LogP contribution in [0.3, 0.4) is 0 Å². The van der Waals surface area contributed by atoms with Crippen molar-refractivity contribution in [2.45, 2.75) is 12.3 Å². The fraction of sp³-hybridized carbons (Fsp3) is 0.188. The van der Waals surface area contributed by atoms with Crippen LogP contribution < -0.4 is 15.8 Å². The SMILES string of the molecule is Nc1ccc(Cl)c(NC(=O)C2CCOc3ccccc32)c1. The predicted molar refractivity (Wildman–Crippen MR) is 83.8 cm³/mol. The number of hydrogen-bond acceptors (Lipinski definition) is 3. The van der Waals surface area contributed by atoms with E-state index in [9.17, 15) is 4.79 Å². The molecule has 0 saturated carbocycles. The summed E-state index contributed by atoms with van der Waals surface area (Å²) in [5.41, 5.74) is 7.72. The van der Waals surface area contributed by atoms with Crippen LogP contribution in [0.25, 0.3) is 0 Å². The van der Waals surface area contributed by atoms with E-state index < -0.39 is 0 Å². The van der Waals surface area contributed by atoms with Gasteiger partial charge in [-0.2, -0.15) is 0 Å². The number of halogens is 1. The minimum absolute atomic E-state index is 0.0988. The average molecular weight is 303 g/mol. The molecule has 0 radical (unpaired) electrons. The van der Waals surface area contributed by atoms with E-state index in [0.717, 1.165) is 11.3 Å². The van der Waals surface area contributed by atoms with Crippen molar-refractivity contribution in [3.05, 3.63) is 53.1 Å². The molecule has 0 saturated heterocycles. The summed E-state index contributed by atoms with van der Waals surface area (Å²) >= 11 is 6.08. The van der Waals surface area contributed by atoms with Crippen molar-refractivity contribution in [2.24, 2.45) is 0 Å². The molecular weight excluding hydrogens is 288 g/mol. The fourth-order valence-corrected chi connectivity index (χ4v) is 2.64. The number of ether oxygens (including phenoxy) is 1. The number of nitrogen functional groups attached to an aromatic ring is 1. The molecule has 1 atom stereocenters. The number of anilines is 2. The number of hydrogen-bond donors (Lipinski definition) is 2. The minimum atomic E-state index is -0.243. The second kappa shape index (κ2) is 5.66. The second-order valence-electron chi connectivity index (χ2n) is 4.96. The number of nitrogens with one attached hydrogen (secondary N) is 1. The Balaban J connectivity index is 1.85. The molecule has 0 aliphatic carbocycles. The number of rotatable bonds is 2. The van der Waals surface area contributed by atoms with Crippen LogP contribution in [-0.4, -0.2) is 12.5 Å². The molecule has 0 fully saturated rings. The van der Waals surface area contributed by atoms with E-state index in [-0.39, 0.29) is 11.8 Å². The normalized spacial score (nSPS) is 16.7. The van der Waals surface area contributed by atoms with E-state index in [2.05, 4.69) is 5.32 Å². The molecule has 1 aliphatic rings. The summed E-state index contributed by atoms with van der Waals surface area (Å²) in [6.45, 7) is 0.528. The van der Waals surface area contributed by atoms with E-state index in [0.29, 0.717) is 29.4 Å². The second-order valence-corrected chi connectivity index (χ2v) is 5.36. The summed E-state index contributed by atoms with van der Waals surface area (Å²) < 4.78 is 5.57. The standard InChI is InChI=1S/C16H15ClN2O2/c17-13-6-5-10(18)9-14(13)19-16(20)12-7-8-21-15-4-2-1-3-11(12)15/h1-6,9,12H,7-8,18H2,(H,19,20). The monoisotopic (exact) mass is 302 g/mol. The molecular formula is C16H15ClN2O2. The van der Waals surface area contributed by atoms with Crippen LogP contribution in [0, 0.1) is 0 Å². The van der Waals surface area contributed by atoms with Gasteiger partial charge in [-0.1, -0.05) is 29.8 Å². The highest BCUT2D eigenvalue weighted by molar-refractivity contribution is 6.33. The van der Waals surface area contributed by atoms with Crippen molar-refractivity contribution in [2.75, 3.05) is 17.7 Å². The van der Waals surface area contributed by atoms with Crippen molar-refractivity contribution < 1.29 is 9.53 Å². The maximum Gasteiger partial charge on any atom is 0.232 e. The van der Waals surface area contributed by atoms with Crippen LogP contribution in [0.2, 0.25) is 5.02 Å². The maximum atomic E-state index is 12.5. The maximum absolute atomic E-state index is 12.5. The molecule has 5 heteroatoms. The third-order valence-corrected chi connectivity index (χ3v) is 3.85. The van der Waals surface area contributed by atoms with Crippen LogP contribution in [-0.2, 0) is 4.79 Å². The highest BCUT2D eigenvalue weighted by Gasteiger charge is 2.27. The van der Waals surface area contributed by atoms with Gasteiger partial charge >= 0.3 is 0 Å². The first-order chi connectivity index (χ1) is 10.1. The first kappa shape index (κ1) is 13.8. The third-order valence-electron chi connectivity index (χ3n) is 3.52. The molecule has 1 unspecified atom stereocenters. The van der Waals surface area contributed by atoms with Crippen LogP contribution >= 0.6 is 11.6 Å². The number of benzene rings is 2. The molecule has 1 amide bonds. The molecule has 0 spiro atoms. The van der Waals surface area contributed by atoms with Crippen LogP contribution in [0.15, 0.2) is 42.5 Å². The number of para-hydroxylation sites is 1. The average Bonchev–Trinajstić information content (AvgIpc) is 2.50. The Labute approximate surface area is 127 Å². The van der Waals surface area contributed by atoms with Crippen molar-refractivity contribution in [3.8, 4) is 5.75 Å². The smallest absolute Gasteiger partial charge is 0.232 e. The predicted octanol–water partition coefficient (Wildman–Crippen LogP) is 3.43. The zero-order chi connectivity index (χ0) is 14.8. The van der Waals surface area contributed by atoms with Gasteiger partial charge in [0.25, 0.3) is 0 Å². The molecule has 3 rings (SSSR count). The Bertz CT molecular complexity index is 688. The van der Waals surface area contributed by atoms with Crippen LogP contribution in [0.4, 0.5) is 11.4 Å². The minimum Gasteiger partial charge on any atom is -0.493 e. The van der Waals surface area contributed by atoms with Gasteiger partial charge in [0.05, 0.1) is 23.2 Å². The molecule has 1 heterocycles. The van der Waals surface area contributed by atoms with Gasteiger partial charge < -0.3 is 15.8 Å². The molecule has 0 aromatic heterocycles. The molecule has 21 heavy (non-hydrogen) atoms.